The maximum atomic E-state index is 6.83. The number of hydrogen-bond acceptors (Lipinski definition) is 15. The molecule has 0 saturated carbocycles. The summed E-state index contributed by atoms with van der Waals surface area (Å²) in [6, 6.07) is 0. The Hall–Kier alpha value is -4.86. The van der Waals surface area contributed by atoms with Crippen LogP contribution in [0.2, 0.25) is 0 Å². The Kier molecular flexibility index (Phi) is 8.07. The molecule has 58 heavy (non-hydrogen) atoms. The minimum absolute atomic E-state index is 0.124. The fraction of sp³-hybridized carbons (Fsp3) is 0.558. The third kappa shape index (κ3) is 5.86. The molecule has 6 heterocycles. The van der Waals surface area contributed by atoms with E-state index in [0.29, 0.717) is 108 Å². The SMILES string of the molecule is COCc1c2c(c([C](c3c4c(c(COC)c5c3OC(C)(C)O5)OC(C)(C)O4)c3c4c(c(COC)c5c3OC(C)(C)O5)OC(C)(C)O4)c3c1OC(C)(C)O3)OC(C)(C)O2. The molecule has 0 aliphatic carbocycles. The van der Waals surface area contributed by atoms with Gasteiger partial charge in [0, 0.05) is 104 Å². The van der Waals surface area contributed by atoms with Gasteiger partial charge in [-0.15, -0.1) is 0 Å². The maximum Gasteiger partial charge on any atom is 0.246 e. The normalized spacial score (nSPS) is 21.3. The van der Waals surface area contributed by atoms with E-state index in [1.165, 1.54) is 0 Å². The minimum Gasteiger partial charge on any atom is -0.449 e. The first-order valence-corrected chi connectivity index (χ1v) is 19.3. The van der Waals surface area contributed by atoms with Crippen molar-refractivity contribution in [1.29, 1.82) is 0 Å². The summed E-state index contributed by atoms with van der Waals surface area (Å²) in [6.07, 6.45) is 0. The van der Waals surface area contributed by atoms with Gasteiger partial charge in [-0.3, -0.25) is 0 Å². The summed E-state index contributed by atoms with van der Waals surface area (Å²) in [4.78, 5) is 0. The lowest BCUT2D eigenvalue weighted by Crippen LogP contribution is -2.32. The Labute approximate surface area is 337 Å². The van der Waals surface area contributed by atoms with Crippen LogP contribution in [0.4, 0.5) is 0 Å². The Bertz CT molecular complexity index is 1880. The van der Waals surface area contributed by atoms with Gasteiger partial charge in [-0.2, -0.15) is 0 Å². The van der Waals surface area contributed by atoms with E-state index in [-0.39, 0.29) is 19.8 Å². The molecule has 1 radical (unpaired) electrons. The van der Waals surface area contributed by atoms with Crippen molar-refractivity contribution >= 4 is 0 Å². The Morgan fingerprint density at radius 3 is 0.603 bits per heavy atom. The van der Waals surface area contributed by atoms with Crippen LogP contribution in [0.3, 0.4) is 0 Å². The molecule has 0 spiro atoms. The van der Waals surface area contributed by atoms with E-state index in [1.54, 1.807) is 21.3 Å². The van der Waals surface area contributed by atoms with Crippen LogP contribution < -0.4 is 56.8 Å². The molecule has 0 unspecified atom stereocenters. The lowest BCUT2D eigenvalue weighted by atomic mass is 9.79. The van der Waals surface area contributed by atoms with Gasteiger partial charge in [-0.1, -0.05) is 0 Å². The highest BCUT2D eigenvalue weighted by Gasteiger charge is 2.56. The van der Waals surface area contributed by atoms with Crippen molar-refractivity contribution in [2.24, 2.45) is 0 Å². The van der Waals surface area contributed by atoms with Gasteiger partial charge in [0.1, 0.15) is 0 Å². The summed E-state index contributed by atoms with van der Waals surface area (Å²) in [6.45, 7) is 22.3. The molecular formula is C43H51O15. The number of fused-ring (bicyclic) bond motifs is 6. The van der Waals surface area contributed by atoms with Gasteiger partial charge in [0.05, 0.1) is 59.1 Å². The van der Waals surface area contributed by atoms with Gasteiger partial charge < -0.3 is 71.1 Å². The summed E-state index contributed by atoms with van der Waals surface area (Å²) in [5, 5.41) is 0. The van der Waals surface area contributed by atoms with E-state index in [0.717, 1.165) is 0 Å². The van der Waals surface area contributed by atoms with Gasteiger partial charge in [0.2, 0.25) is 34.7 Å². The molecule has 0 aromatic heterocycles. The zero-order valence-corrected chi connectivity index (χ0v) is 35.7. The molecule has 6 aliphatic rings. The van der Waals surface area contributed by atoms with Crippen LogP contribution >= 0.6 is 0 Å². The number of rotatable bonds is 9. The Balaban J connectivity index is 1.50. The van der Waals surface area contributed by atoms with Crippen LogP contribution in [-0.4, -0.2) is 56.1 Å². The van der Waals surface area contributed by atoms with Gasteiger partial charge in [0.15, 0.2) is 69.0 Å². The van der Waals surface area contributed by atoms with Gasteiger partial charge in [-0.25, -0.2) is 0 Å². The lowest BCUT2D eigenvalue weighted by molar-refractivity contribution is -0.0505. The van der Waals surface area contributed by atoms with Gasteiger partial charge >= 0.3 is 0 Å². The zero-order chi connectivity index (χ0) is 41.7. The first-order chi connectivity index (χ1) is 27.0. The largest absolute Gasteiger partial charge is 0.449 e. The molecule has 9 rings (SSSR count). The van der Waals surface area contributed by atoms with Crippen molar-refractivity contribution in [2.45, 2.75) is 138 Å². The summed E-state index contributed by atoms with van der Waals surface area (Å²) < 4.78 is 98.0. The predicted octanol–water partition coefficient (Wildman–Crippen LogP) is 8.19. The van der Waals surface area contributed by atoms with Crippen molar-refractivity contribution in [1.82, 2.24) is 0 Å². The van der Waals surface area contributed by atoms with Crippen LogP contribution in [0.1, 0.15) is 116 Å². The van der Waals surface area contributed by atoms with Crippen molar-refractivity contribution in [3.8, 4) is 69.0 Å². The Morgan fingerprint density at radius 1 is 0.293 bits per heavy atom. The van der Waals surface area contributed by atoms with Crippen molar-refractivity contribution in [3.63, 3.8) is 0 Å². The van der Waals surface area contributed by atoms with Crippen LogP contribution in [0, 0.1) is 5.92 Å². The molecule has 6 aliphatic heterocycles. The molecule has 0 bridgehead atoms. The van der Waals surface area contributed by atoms with Crippen LogP contribution in [0.5, 0.6) is 69.0 Å². The number of methoxy groups -OCH3 is 3. The average molecular weight is 808 g/mol. The van der Waals surface area contributed by atoms with Crippen molar-refractivity contribution in [2.75, 3.05) is 21.3 Å². The van der Waals surface area contributed by atoms with E-state index < -0.39 is 34.7 Å². The van der Waals surface area contributed by atoms with Crippen LogP contribution in [-0.2, 0) is 34.0 Å². The highest BCUT2D eigenvalue weighted by molar-refractivity contribution is 5.87. The van der Waals surface area contributed by atoms with Crippen molar-refractivity contribution in [3.05, 3.63) is 39.3 Å². The van der Waals surface area contributed by atoms with Crippen LogP contribution in [0.25, 0.3) is 0 Å². The maximum absolute atomic E-state index is 6.83. The summed E-state index contributed by atoms with van der Waals surface area (Å²) in [5.41, 5.74) is 3.05. The second kappa shape index (κ2) is 12.1. The molecule has 15 nitrogen and oxygen atoms in total. The Morgan fingerprint density at radius 2 is 0.448 bits per heavy atom. The van der Waals surface area contributed by atoms with Crippen molar-refractivity contribution < 1.29 is 71.1 Å². The third-order valence-electron chi connectivity index (χ3n) is 10.0. The molecule has 0 N–H and O–H groups in total. The highest BCUT2D eigenvalue weighted by atomic mass is 16.8. The topological polar surface area (TPSA) is 138 Å². The van der Waals surface area contributed by atoms with Gasteiger partial charge in [0.25, 0.3) is 0 Å². The number of ether oxygens (including phenoxy) is 15. The molecule has 0 atom stereocenters. The van der Waals surface area contributed by atoms with E-state index >= 15 is 0 Å². The van der Waals surface area contributed by atoms with E-state index in [9.17, 15) is 0 Å². The standard InChI is InChI=1S/C43H51O15/c1-38(2)47-26-19(16-44-13)27-33(54-39(3,4)48-27)23(32(26)53-38)22(24-34-28(49-40(5,6)55-34)20(17-45-14)29-35(24)56-41(7,8)50-29)25-36-30(51-42(9,10)57-36)21(18-46-15)31-37(25)58-43(11,12)52-31/h16-18H2,1-15H3. The number of hydrogen-bond donors (Lipinski definition) is 0. The fourth-order valence-electron chi connectivity index (χ4n) is 8.31. The van der Waals surface area contributed by atoms with Crippen LogP contribution in [0.15, 0.2) is 0 Å². The summed E-state index contributed by atoms with van der Waals surface area (Å²) in [5.74, 6) is -1.98. The molecule has 0 fully saturated rings. The molecule has 3 aromatic rings. The van der Waals surface area contributed by atoms with E-state index in [2.05, 4.69) is 0 Å². The second-order valence-electron chi connectivity index (χ2n) is 17.8. The van der Waals surface area contributed by atoms with Gasteiger partial charge in [-0.05, 0) is 0 Å². The minimum atomic E-state index is -1.14. The fourth-order valence-corrected chi connectivity index (χ4v) is 8.31. The van der Waals surface area contributed by atoms with E-state index in [4.69, 9.17) is 71.1 Å². The average Bonchev–Trinajstić information content (AvgIpc) is 3.90. The molecule has 15 heteroatoms. The zero-order valence-electron chi connectivity index (χ0n) is 35.7. The first-order valence-electron chi connectivity index (χ1n) is 19.3. The third-order valence-corrected chi connectivity index (χ3v) is 10.0. The first kappa shape index (κ1) is 38.6. The smallest absolute Gasteiger partial charge is 0.246 e. The predicted molar refractivity (Wildman–Crippen MR) is 204 cm³/mol. The molecule has 313 valence electrons. The second-order valence-corrected chi connectivity index (χ2v) is 17.8. The monoisotopic (exact) mass is 807 g/mol. The molecule has 3 aromatic carbocycles. The number of benzene rings is 3. The summed E-state index contributed by atoms with van der Waals surface area (Å²) >= 11 is 0. The highest BCUT2D eigenvalue weighted by Crippen LogP contribution is 2.70. The van der Waals surface area contributed by atoms with E-state index in [1.807, 2.05) is 83.1 Å². The summed E-state index contributed by atoms with van der Waals surface area (Å²) in [7, 11) is 4.81. The molecule has 0 amide bonds. The molecular weight excluding hydrogens is 756 g/mol. The molecule has 0 saturated heterocycles. The lowest BCUT2D eigenvalue weighted by Gasteiger charge is -2.28. The quantitative estimate of drug-likeness (QED) is 0.192.